The molecule has 0 saturated carbocycles. The van der Waals surface area contributed by atoms with E-state index in [-0.39, 0.29) is 0 Å². The normalized spacial score (nSPS) is 17.8. The number of ether oxygens (including phenoxy) is 1. The van der Waals surface area contributed by atoms with E-state index in [4.69, 9.17) is 9.26 Å². The molecule has 1 unspecified atom stereocenters. The topological polar surface area (TPSA) is 51.4 Å². The second-order valence-electron chi connectivity index (χ2n) is 5.87. The first kappa shape index (κ1) is 16.0. The second kappa shape index (κ2) is 7.57. The van der Waals surface area contributed by atoms with Gasteiger partial charge in [-0.25, -0.2) is 0 Å². The van der Waals surface area contributed by atoms with Crippen molar-refractivity contribution >= 4 is 22.7 Å². The Hall–Kier alpha value is -1.54. The molecule has 0 N–H and O–H groups in total. The Morgan fingerprint density at radius 3 is 2.83 bits per heavy atom. The van der Waals surface area contributed by atoms with Gasteiger partial charge in [-0.05, 0) is 35.7 Å². The van der Waals surface area contributed by atoms with Crippen molar-refractivity contribution in [3.05, 3.63) is 45.8 Å². The van der Waals surface area contributed by atoms with Crippen molar-refractivity contribution in [3.63, 3.8) is 0 Å². The molecule has 0 aliphatic carbocycles. The Kier molecular flexibility index (Phi) is 5.03. The van der Waals surface area contributed by atoms with Crippen LogP contribution in [0, 0.1) is 0 Å². The lowest BCUT2D eigenvalue weighted by atomic mass is 10.2. The summed E-state index contributed by atoms with van der Waals surface area (Å²) >= 11 is 3.40. The van der Waals surface area contributed by atoms with E-state index in [9.17, 15) is 0 Å². The first-order valence-electron chi connectivity index (χ1n) is 8.09. The van der Waals surface area contributed by atoms with E-state index in [1.54, 1.807) is 22.7 Å². The molecule has 3 aromatic rings. The van der Waals surface area contributed by atoms with E-state index in [2.05, 4.69) is 32.6 Å². The molecule has 24 heavy (non-hydrogen) atoms. The summed E-state index contributed by atoms with van der Waals surface area (Å²) in [5.74, 6) is 1.33. The van der Waals surface area contributed by atoms with Crippen LogP contribution in [0.5, 0.6) is 0 Å². The number of nitrogens with zero attached hydrogens (tertiary/aromatic N) is 3. The smallest absolute Gasteiger partial charge is 0.241 e. The SMILES string of the molecule is c1csc(CN(Cc2nc(-c3cccs3)no2)CC2CCCO2)c1. The Morgan fingerprint density at radius 2 is 2.08 bits per heavy atom. The van der Waals surface area contributed by atoms with Crippen LogP contribution in [0.25, 0.3) is 10.7 Å². The van der Waals surface area contributed by atoms with Gasteiger partial charge in [-0.2, -0.15) is 4.98 Å². The lowest BCUT2D eigenvalue weighted by Crippen LogP contribution is -2.31. The highest BCUT2D eigenvalue weighted by molar-refractivity contribution is 7.13. The third-order valence-electron chi connectivity index (χ3n) is 4.01. The predicted octanol–water partition coefficient (Wildman–Crippen LogP) is 4.04. The molecule has 1 fully saturated rings. The van der Waals surface area contributed by atoms with Crippen LogP contribution in [0.15, 0.2) is 39.5 Å². The fourth-order valence-corrected chi connectivity index (χ4v) is 4.30. The summed E-state index contributed by atoms with van der Waals surface area (Å²) in [4.78, 5) is 9.27. The van der Waals surface area contributed by atoms with Crippen LogP contribution in [-0.2, 0) is 17.8 Å². The lowest BCUT2D eigenvalue weighted by molar-refractivity contribution is 0.0644. The van der Waals surface area contributed by atoms with Crippen molar-refractivity contribution < 1.29 is 9.26 Å². The van der Waals surface area contributed by atoms with Gasteiger partial charge in [0.25, 0.3) is 0 Å². The average Bonchev–Trinajstić information content (AvgIpc) is 3.37. The van der Waals surface area contributed by atoms with E-state index >= 15 is 0 Å². The van der Waals surface area contributed by atoms with Gasteiger partial charge in [0.2, 0.25) is 11.7 Å². The van der Waals surface area contributed by atoms with Crippen molar-refractivity contribution in [1.29, 1.82) is 0 Å². The minimum absolute atomic E-state index is 0.310. The zero-order valence-corrected chi connectivity index (χ0v) is 14.9. The maximum Gasteiger partial charge on any atom is 0.241 e. The summed E-state index contributed by atoms with van der Waals surface area (Å²) in [5, 5.41) is 8.24. The summed E-state index contributed by atoms with van der Waals surface area (Å²) in [7, 11) is 0. The molecule has 4 rings (SSSR count). The minimum atomic E-state index is 0.310. The molecule has 0 spiro atoms. The van der Waals surface area contributed by atoms with Gasteiger partial charge in [0.15, 0.2) is 0 Å². The van der Waals surface area contributed by atoms with Crippen molar-refractivity contribution in [1.82, 2.24) is 15.0 Å². The molecule has 7 heteroatoms. The molecule has 1 saturated heterocycles. The standard InChI is InChI=1S/C17H19N3O2S2/c1-4-13(21-7-1)10-20(11-14-5-2-8-23-14)12-16-18-17(19-22-16)15-6-3-9-24-15/h2-3,5-6,8-9,13H,1,4,7,10-12H2. The third kappa shape index (κ3) is 3.92. The molecule has 1 aliphatic heterocycles. The number of hydrogen-bond donors (Lipinski definition) is 0. The Bertz CT molecular complexity index is 734. The molecule has 126 valence electrons. The maximum atomic E-state index is 5.80. The monoisotopic (exact) mass is 361 g/mol. The van der Waals surface area contributed by atoms with Gasteiger partial charge in [0.05, 0.1) is 17.5 Å². The lowest BCUT2D eigenvalue weighted by Gasteiger charge is -2.23. The molecule has 0 radical (unpaired) electrons. The van der Waals surface area contributed by atoms with Crippen LogP contribution >= 0.6 is 22.7 Å². The van der Waals surface area contributed by atoms with Crippen molar-refractivity contribution in [3.8, 4) is 10.7 Å². The van der Waals surface area contributed by atoms with Crippen molar-refractivity contribution in [2.75, 3.05) is 13.2 Å². The van der Waals surface area contributed by atoms with E-state index in [0.717, 1.165) is 37.4 Å². The van der Waals surface area contributed by atoms with Gasteiger partial charge in [-0.1, -0.05) is 17.3 Å². The summed E-state index contributed by atoms with van der Waals surface area (Å²) in [6.07, 6.45) is 2.59. The van der Waals surface area contributed by atoms with E-state index in [1.165, 1.54) is 4.88 Å². The number of hydrogen-bond acceptors (Lipinski definition) is 7. The second-order valence-corrected chi connectivity index (χ2v) is 7.85. The van der Waals surface area contributed by atoms with Crippen LogP contribution in [0.2, 0.25) is 0 Å². The first-order valence-corrected chi connectivity index (χ1v) is 9.85. The Labute approximate surface area is 148 Å². The fraction of sp³-hybridized carbons (Fsp3) is 0.412. The highest BCUT2D eigenvalue weighted by Crippen LogP contribution is 2.23. The third-order valence-corrected chi connectivity index (χ3v) is 5.74. The zero-order chi connectivity index (χ0) is 16.2. The highest BCUT2D eigenvalue weighted by Gasteiger charge is 2.21. The molecular weight excluding hydrogens is 342 g/mol. The summed E-state index contributed by atoms with van der Waals surface area (Å²) in [6, 6.07) is 8.26. The van der Waals surface area contributed by atoms with E-state index in [1.807, 2.05) is 17.5 Å². The van der Waals surface area contributed by atoms with Gasteiger partial charge < -0.3 is 9.26 Å². The van der Waals surface area contributed by atoms with Crippen LogP contribution in [0.4, 0.5) is 0 Å². The summed E-state index contributed by atoms with van der Waals surface area (Å²) in [5.41, 5.74) is 0. The zero-order valence-electron chi connectivity index (χ0n) is 13.3. The molecule has 5 nitrogen and oxygen atoms in total. The van der Waals surface area contributed by atoms with Gasteiger partial charge >= 0.3 is 0 Å². The largest absolute Gasteiger partial charge is 0.377 e. The molecule has 0 bridgehead atoms. The molecule has 0 aromatic carbocycles. The summed E-state index contributed by atoms with van der Waals surface area (Å²) < 4.78 is 11.3. The van der Waals surface area contributed by atoms with E-state index < -0.39 is 0 Å². The molecule has 1 aliphatic rings. The Balaban J connectivity index is 1.46. The van der Waals surface area contributed by atoms with Crippen molar-refractivity contribution in [2.24, 2.45) is 0 Å². The minimum Gasteiger partial charge on any atom is -0.377 e. The highest BCUT2D eigenvalue weighted by atomic mass is 32.1. The predicted molar refractivity (Wildman–Crippen MR) is 95.0 cm³/mol. The molecule has 1 atom stereocenters. The molecule has 0 amide bonds. The number of rotatable bonds is 7. The number of aromatic nitrogens is 2. The summed E-state index contributed by atoms with van der Waals surface area (Å²) in [6.45, 7) is 3.31. The maximum absolute atomic E-state index is 5.80. The molecule has 3 aromatic heterocycles. The van der Waals surface area contributed by atoms with Crippen LogP contribution < -0.4 is 0 Å². The average molecular weight is 361 g/mol. The van der Waals surface area contributed by atoms with Gasteiger partial charge in [-0.15, -0.1) is 22.7 Å². The van der Waals surface area contributed by atoms with Gasteiger partial charge in [0, 0.05) is 24.6 Å². The molecular formula is C17H19N3O2S2. The quantitative estimate of drug-likeness (QED) is 0.636. The van der Waals surface area contributed by atoms with Gasteiger partial charge in [-0.3, -0.25) is 4.90 Å². The van der Waals surface area contributed by atoms with Crippen LogP contribution in [0.3, 0.4) is 0 Å². The fourth-order valence-electron chi connectivity index (χ4n) is 2.90. The van der Waals surface area contributed by atoms with Crippen LogP contribution in [0.1, 0.15) is 23.6 Å². The van der Waals surface area contributed by atoms with Crippen molar-refractivity contribution in [2.45, 2.75) is 32.0 Å². The first-order chi connectivity index (χ1) is 11.9. The van der Waals surface area contributed by atoms with E-state index in [0.29, 0.717) is 24.4 Å². The van der Waals surface area contributed by atoms with Gasteiger partial charge in [0.1, 0.15) is 0 Å². The van der Waals surface area contributed by atoms with Crippen LogP contribution in [-0.4, -0.2) is 34.3 Å². The number of thiophene rings is 2. The molecule has 4 heterocycles. The Morgan fingerprint density at radius 1 is 1.17 bits per heavy atom.